The molecular weight excluding hydrogens is 372 g/mol. The first kappa shape index (κ1) is 19.4. The van der Waals surface area contributed by atoms with Gasteiger partial charge in [0.05, 0.1) is 18.6 Å². The van der Waals surface area contributed by atoms with E-state index in [1.165, 1.54) is 5.56 Å². The Morgan fingerprint density at radius 2 is 1.83 bits per heavy atom. The molecule has 0 saturated carbocycles. The first-order valence-corrected chi connectivity index (χ1v) is 10.8. The van der Waals surface area contributed by atoms with Crippen molar-refractivity contribution in [2.75, 3.05) is 13.1 Å². The van der Waals surface area contributed by atoms with E-state index < -0.39 is 5.79 Å². The minimum Gasteiger partial charge on any atom is -0.357 e. The van der Waals surface area contributed by atoms with Gasteiger partial charge in [-0.25, -0.2) is 0 Å². The minimum absolute atomic E-state index is 0.293. The summed E-state index contributed by atoms with van der Waals surface area (Å²) < 4.78 is 0.681. The van der Waals surface area contributed by atoms with E-state index >= 15 is 0 Å². The summed E-state index contributed by atoms with van der Waals surface area (Å²) in [6, 6.07) is 19.6. The van der Waals surface area contributed by atoms with Crippen LogP contribution in [0.5, 0.6) is 0 Å². The Kier molecular flexibility index (Phi) is 4.73. The van der Waals surface area contributed by atoms with Gasteiger partial charge in [-0.15, -0.1) is 6.58 Å². The van der Waals surface area contributed by atoms with E-state index in [9.17, 15) is 10.2 Å². The molecule has 4 nitrogen and oxygen atoms in total. The van der Waals surface area contributed by atoms with Crippen molar-refractivity contribution in [1.29, 1.82) is 0 Å². The van der Waals surface area contributed by atoms with Crippen LogP contribution in [0.25, 0.3) is 10.9 Å². The lowest BCUT2D eigenvalue weighted by Crippen LogP contribution is -2.71. The van der Waals surface area contributed by atoms with Crippen molar-refractivity contribution in [2.45, 2.75) is 31.2 Å². The van der Waals surface area contributed by atoms with Crippen LogP contribution < -0.4 is 0 Å². The van der Waals surface area contributed by atoms with Crippen molar-refractivity contribution >= 4 is 10.9 Å². The van der Waals surface area contributed by atoms with Crippen molar-refractivity contribution in [1.82, 2.24) is 4.98 Å². The molecule has 0 aliphatic carbocycles. The largest absolute Gasteiger partial charge is 0.357 e. The Bertz CT molecular complexity index is 1060. The molecule has 2 aromatic carbocycles. The summed E-state index contributed by atoms with van der Waals surface area (Å²) in [7, 11) is 0. The van der Waals surface area contributed by atoms with Crippen molar-refractivity contribution < 1.29 is 14.7 Å². The van der Waals surface area contributed by atoms with Crippen LogP contribution in [0.4, 0.5) is 0 Å². The van der Waals surface area contributed by atoms with Crippen LogP contribution in [0.3, 0.4) is 0 Å². The molecule has 4 unspecified atom stereocenters. The second-order valence-electron chi connectivity index (χ2n) is 9.07. The Morgan fingerprint density at radius 1 is 1.07 bits per heavy atom. The van der Waals surface area contributed by atoms with Gasteiger partial charge >= 0.3 is 0 Å². The maximum absolute atomic E-state index is 11.7. The summed E-state index contributed by atoms with van der Waals surface area (Å²) in [6.07, 6.45) is 5.65. The van der Waals surface area contributed by atoms with Crippen LogP contribution in [0.2, 0.25) is 0 Å². The second kappa shape index (κ2) is 7.31. The van der Waals surface area contributed by atoms with Gasteiger partial charge in [-0.2, -0.15) is 0 Å². The van der Waals surface area contributed by atoms with Gasteiger partial charge < -0.3 is 14.7 Å². The van der Waals surface area contributed by atoms with Crippen LogP contribution in [-0.2, 0) is 12.3 Å². The van der Waals surface area contributed by atoms with Crippen molar-refractivity contribution in [3.63, 3.8) is 0 Å². The number of piperidine rings is 3. The van der Waals surface area contributed by atoms with E-state index in [1.807, 2.05) is 30.3 Å². The van der Waals surface area contributed by atoms with Crippen molar-refractivity contribution in [2.24, 2.45) is 11.8 Å². The summed E-state index contributed by atoms with van der Waals surface area (Å²) in [4.78, 5) is 4.42. The summed E-state index contributed by atoms with van der Waals surface area (Å²) >= 11 is 0. The molecule has 3 aliphatic rings. The standard InChI is InChI=1S/C26H29N2O2/c1-2-20-18-28(17-19-8-4-3-5-9-19)15-13-21(20)16-25(28)26(29,30)23-12-14-27-24-11-7-6-10-22(23)24/h2-12,14,20-21,25,29-30H,1,13,15-18H2/q+1. The quantitative estimate of drug-likeness (QED) is 0.386. The maximum atomic E-state index is 11.7. The Morgan fingerprint density at radius 3 is 2.63 bits per heavy atom. The van der Waals surface area contributed by atoms with Gasteiger partial charge in [-0.05, 0) is 18.1 Å². The zero-order valence-electron chi connectivity index (χ0n) is 17.2. The van der Waals surface area contributed by atoms with Crippen molar-refractivity contribution in [3.8, 4) is 0 Å². The van der Waals surface area contributed by atoms with Gasteiger partial charge in [0.25, 0.3) is 0 Å². The number of fused-ring (bicyclic) bond motifs is 4. The van der Waals surface area contributed by atoms with E-state index in [2.05, 4.69) is 41.9 Å². The van der Waals surface area contributed by atoms with E-state index in [0.717, 1.165) is 43.4 Å². The second-order valence-corrected chi connectivity index (χ2v) is 9.07. The third-order valence-corrected chi connectivity index (χ3v) is 7.47. The number of nitrogens with zero attached hydrogens (tertiary/aromatic N) is 2. The molecule has 1 aromatic heterocycles. The Labute approximate surface area is 177 Å². The lowest BCUT2D eigenvalue weighted by molar-refractivity contribution is -0.992. The first-order valence-electron chi connectivity index (χ1n) is 10.8. The molecule has 6 rings (SSSR count). The van der Waals surface area contributed by atoms with Crippen LogP contribution in [0.1, 0.15) is 24.0 Å². The number of aliphatic hydroxyl groups is 2. The number of aromatic nitrogens is 1. The molecule has 30 heavy (non-hydrogen) atoms. The number of para-hydroxylation sites is 1. The monoisotopic (exact) mass is 401 g/mol. The number of rotatable bonds is 5. The molecule has 3 aromatic rings. The van der Waals surface area contributed by atoms with Gasteiger partial charge in [0.2, 0.25) is 5.79 Å². The highest BCUT2D eigenvalue weighted by Crippen LogP contribution is 2.49. The molecule has 2 N–H and O–H groups in total. The molecular formula is C26H29N2O2+. The average molecular weight is 402 g/mol. The maximum Gasteiger partial charge on any atom is 0.244 e. The smallest absolute Gasteiger partial charge is 0.244 e. The van der Waals surface area contributed by atoms with E-state index in [1.54, 1.807) is 12.3 Å². The van der Waals surface area contributed by atoms with Gasteiger partial charge in [0.15, 0.2) is 0 Å². The molecule has 4 atom stereocenters. The lowest BCUT2D eigenvalue weighted by atomic mass is 9.70. The van der Waals surface area contributed by atoms with Crippen LogP contribution in [0.15, 0.2) is 79.5 Å². The number of benzene rings is 2. The third kappa shape index (κ3) is 3.07. The van der Waals surface area contributed by atoms with Crippen LogP contribution in [-0.4, -0.2) is 38.8 Å². The van der Waals surface area contributed by atoms with Gasteiger partial charge in [0.1, 0.15) is 12.6 Å². The number of quaternary nitrogens is 1. The average Bonchev–Trinajstić information content (AvgIpc) is 2.79. The molecule has 0 amide bonds. The van der Waals surface area contributed by atoms with Crippen LogP contribution in [0, 0.1) is 11.8 Å². The third-order valence-electron chi connectivity index (χ3n) is 7.47. The summed E-state index contributed by atoms with van der Waals surface area (Å²) in [5.74, 6) is -1.05. The Balaban J connectivity index is 1.61. The highest BCUT2D eigenvalue weighted by Gasteiger charge is 2.59. The molecule has 2 bridgehead atoms. The minimum atomic E-state index is -1.93. The fraction of sp³-hybridized carbons (Fsp3) is 0.346. The highest BCUT2D eigenvalue weighted by atomic mass is 16.5. The summed E-state index contributed by atoms with van der Waals surface area (Å²) in [6.45, 7) is 6.75. The predicted molar refractivity (Wildman–Crippen MR) is 118 cm³/mol. The molecule has 3 saturated heterocycles. The summed E-state index contributed by atoms with van der Waals surface area (Å²) in [5, 5.41) is 24.2. The molecule has 0 radical (unpaired) electrons. The number of hydrogen-bond acceptors (Lipinski definition) is 3. The zero-order valence-corrected chi connectivity index (χ0v) is 17.2. The fourth-order valence-electron chi connectivity index (χ4n) is 5.99. The van der Waals surface area contributed by atoms with Gasteiger partial charge in [0, 0.05) is 41.5 Å². The fourth-order valence-corrected chi connectivity index (χ4v) is 5.99. The molecule has 3 fully saturated rings. The normalized spacial score (nSPS) is 28.5. The SMILES string of the molecule is C=CC1C[N+]2(Cc3ccccc3)CCC1CC2C(O)(O)c1ccnc2ccccc12. The highest BCUT2D eigenvalue weighted by molar-refractivity contribution is 5.82. The first-order chi connectivity index (χ1) is 14.5. The molecule has 4 heteroatoms. The van der Waals surface area contributed by atoms with E-state index in [0.29, 0.717) is 21.9 Å². The van der Waals surface area contributed by atoms with Gasteiger partial charge in [-0.1, -0.05) is 54.6 Å². The molecule has 0 spiro atoms. The molecule has 4 heterocycles. The van der Waals surface area contributed by atoms with Crippen molar-refractivity contribution in [3.05, 3.63) is 90.6 Å². The predicted octanol–water partition coefficient (Wildman–Crippen LogP) is 3.98. The van der Waals surface area contributed by atoms with Crippen LogP contribution >= 0.6 is 0 Å². The molecule has 3 aliphatic heterocycles. The lowest BCUT2D eigenvalue weighted by Gasteiger charge is -2.59. The zero-order chi connectivity index (χ0) is 20.8. The van der Waals surface area contributed by atoms with Gasteiger partial charge in [-0.3, -0.25) is 4.98 Å². The number of hydrogen-bond donors (Lipinski definition) is 2. The van der Waals surface area contributed by atoms with E-state index in [4.69, 9.17) is 0 Å². The van der Waals surface area contributed by atoms with E-state index in [-0.39, 0.29) is 6.04 Å². The number of pyridine rings is 1. The Hall–Kier alpha value is -2.53. The molecule has 154 valence electrons. The topological polar surface area (TPSA) is 53.4 Å². The summed E-state index contributed by atoms with van der Waals surface area (Å²) in [5.41, 5.74) is 2.59.